The van der Waals surface area contributed by atoms with Gasteiger partial charge in [-0.25, -0.2) is 9.78 Å². The van der Waals surface area contributed by atoms with Gasteiger partial charge in [0.25, 0.3) is 0 Å². The minimum Gasteiger partial charge on any atom is -0.457 e. The largest absolute Gasteiger partial charge is 0.457 e. The highest BCUT2D eigenvalue weighted by Gasteiger charge is 2.02. The van der Waals surface area contributed by atoms with Gasteiger partial charge in [0.2, 0.25) is 0 Å². The molecule has 2 N–H and O–H groups in total. The average Bonchev–Trinajstić information content (AvgIpc) is 2.66. The molecular weight excluding hydrogens is 318 g/mol. The van der Waals surface area contributed by atoms with E-state index in [2.05, 4.69) is 20.4 Å². The first-order chi connectivity index (χ1) is 12.2. The van der Waals surface area contributed by atoms with Gasteiger partial charge in [-0.3, -0.25) is 5.32 Å². The Labute approximate surface area is 145 Å². The highest BCUT2D eigenvalue weighted by Crippen LogP contribution is 2.24. The Morgan fingerprint density at radius 2 is 1.56 bits per heavy atom. The number of hydrogen-bond donors (Lipinski definition) is 2. The number of anilines is 3. The fraction of sp³-hybridized carbons (Fsp3) is 0.0526. The summed E-state index contributed by atoms with van der Waals surface area (Å²) in [6.45, 7) is 0. The van der Waals surface area contributed by atoms with Gasteiger partial charge in [-0.2, -0.15) is 0 Å². The number of methoxy groups -OCH3 is 1. The van der Waals surface area contributed by atoms with E-state index in [0.717, 1.165) is 22.9 Å². The van der Waals surface area contributed by atoms with Crippen LogP contribution < -0.4 is 15.4 Å². The summed E-state index contributed by atoms with van der Waals surface area (Å²) in [7, 11) is 1.30. The Hall–Kier alpha value is -3.54. The predicted octanol–water partition coefficient (Wildman–Crippen LogP) is 4.80. The molecule has 126 valence electrons. The first kappa shape index (κ1) is 16.3. The van der Waals surface area contributed by atoms with E-state index in [1.807, 2.05) is 60.7 Å². The number of carbonyl (C=O) groups excluding carboxylic acids is 1. The molecule has 0 bridgehead atoms. The van der Waals surface area contributed by atoms with E-state index in [1.165, 1.54) is 7.11 Å². The molecule has 0 radical (unpaired) electrons. The number of para-hydroxylation sites is 1. The summed E-state index contributed by atoms with van der Waals surface area (Å²) >= 11 is 0. The first-order valence-corrected chi connectivity index (χ1v) is 7.64. The van der Waals surface area contributed by atoms with Crippen LogP contribution in [0.5, 0.6) is 11.5 Å². The zero-order valence-corrected chi connectivity index (χ0v) is 13.6. The second-order valence-corrected chi connectivity index (χ2v) is 5.11. The Balaban J connectivity index is 1.60. The van der Waals surface area contributed by atoms with Gasteiger partial charge in [-0.15, -0.1) is 0 Å². The normalized spacial score (nSPS) is 9.96. The number of amides is 1. The molecule has 3 aromatic rings. The molecular formula is C19H17N3O3. The maximum atomic E-state index is 11.1. The van der Waals surface area contributed by atoms with Crippen molar-refractivity contribution in [3.05, 3.63) is 72.9 Å². The number of pyridine rings is 1. The van der Waals surface area contributed by atoms with Crippen LogP contribution in [0.4, 0.5) is 22.0 Å². The maximum absolute atomic E-state index is 11.1. The highest BCUT2D eigenvalue weighted by atomic mass is 16.5. The fourth-order valence-electron chi connectivity index (χ4n) is 2.09. The number of aromatic nitrogens is 1. The third-order valence-electron chi connectivity index (χ3n) is 3.30. The molecule has 0 aliphatic carbocycles. The van der Waals surface area contributed by atoms with Crippen molar-refractivity contribution in [3.8, 4) is 11.5 Å². The number of carbonyl (C=O) groups is 1. The van der Waals surface area contributed by atoms with Crippen LogP contribution in [0.2, 0.25) is 0 Å². The standard InChI is InChI=1S/C19H17N3O3/c1-24-19(23)22-18-12-9-15(13-20-18)21-14-7-10-17(11-8-14)25-16-5-3-2-4-6-16/h2-13,21H,1H3,(H,20,22,23). The zero-order chi connectivity index (χ0) is 17.5. The van der Waals surface area contributed by atoms with Crippen molar-refractivity contribution < 1.29 is 14.3 Å². The van der Waals surface area contributed by atoms with E-state index < -0.39 is 6.09 Å². The van der Waals surface area contributed by atoms with Crippen LogP contribution in [-0.4, -0.2) is 18.2 Å². The van der Waals surface area contributed by atoms with Crippen LogP contribution in [0, 0.1) is 0 Å². The number of benzene rings is 2. The van der Waals surface area contributed by atoms with Crippen LogP contribution in [-0.2, 0) is 4.74 Å². The monoisotopic (exact) mass is 335 g/mol. The molecule has 6 heteroatoms. The number of hydrogen-bond acceptors (Lipinski definition) is 5. The van der Waals surface area contributed by atoms with Crippen LogP contribution >= 0.6 is 0 Å². The molecule has 1 heterocycles. The Morgan fingerprint density at radius 1 is 0.880 bits per heavy atom. The fourth-order valence-corrected chi connectivity index (χ4v) is 2.09. The molecule has 0 spiro atoms. The lowest BCUT2D eigenvalue weighted by Crippen LogP contribution is -2.11. The van der Waals surface area contributed by atoms with Crippen molar-refractivity contribution in [2.45, 2.75) is 0 Å². The van der Waals surface area contributed by atoms with Crippen LogP contribution in [0.3, 0.4) is 0 Å². The van der Waals surface area contributed by atoms with Gasteiger partial charge in [0, 0.05) is 5.69 Å². The highest BCUT2D eigenvalue weighted by molar-refractivity contribution is 5.83. The van der Waals surface area contributed by atoms with Crippen molar-refractivity contribution in [2.24, 2.45) is 0 Å². The minimum atomic E-state index is -0.554. The van der Waals surface area contributed by atoms with E-state index in [1.54, 1.807) is 12.3 Å². The first-order valence-electron chi connectivity index (χ1n) is 7.64. The van der Waals surface area contributed by atoms with Gasteiger partial charge < -0.3 is 14.8 Å². The van der Waals surface area contributed by atoms with E-state index in [4.69, 9.17) is 4.74 Å². The van der Waals surface area contributed by atoms with Crippen molar-refractivity contribution >= 4 is 23.3 Å². The topological polar surface area (TPSA) is 72.5 Å². The molecule has 1 aromatic heterocycles. The van der Waals surface area contributed by atoms with Crippen molar-refractivity contribution in [1.82, 2.24) is 4.98 Å². The number of ether oxygens (including phenoxy) is 2. The summed E-state index contributed by atoms with van der Waals surface area (Å²) in [5, 5.41) is 5.72. The van der Waals surface area contributed by atoms with E-state index in [-0.39, 0.29) is 0 Å². The van der Waals surface area contributed by atoms with Crippen molar-refractivity contribution in [1.29, 1.82) is 0 Å². The molecule has 0 fully saturated rings. The summed E-state index contributed by atoms with van der Waals surface area (Å²) in [5.41, 5.74) is 1.70. The average molecular weight is 335 g/mol. The molecule has 0 aliphatic rings. The lowest BCUT2D eigenvalue weighted by atomic mass is 10.3. The summed E-state index contributed by atoms with van der Waals surface area (Å²) in [6.07, 6.45) is 1.07. The molecule has 3 rings (SSSR count). The quantitative estimate of drug-likeness (QED) is 0.701. The summed E-state index contributed by atoms with van der Waals surface area (Å²) in [6, 6.07) is 20.7. The third-order valence-corrected chi connectivity index (χ3v) is 3.30. The smallest absolute Gasteiger partial charge is 0.412 e. The lowest BCUT2D eigenvalue weighted by molar-refractivity contribution is 0.187. The van der Waals surface area contributed by atoms with Crippen molar-refractivity contribution in [3.63, 3.8) is 0 Å². The molecule has 0 unspecified atom stereocenters. The van der Waals surface area contributed by atoms with Gasteiger partial charge in [-0.1, -0.05) is 18.2 Å². The number of nitrogens with one attached hydrogen (secondary N) is 2. The molecule has 6 nitrogen and oxygen atoms in total. The van der Waals surface area contributed by atoms with E-state index >= 15 is 0 Å². The van der Waals surface area contributed by atoms with Gasteiger partial charge in [0.05, 0.1) is 19.0 Å². The maximum Gasteiger partial charge on any atom is 0.412 e. The second-order valence-electron chi connectivity index (χ2n) is 5.11. The third kappa shape index (κ3) is 4.71. The predicted molar refractivity (Wildman–Crippen MR) is 96.5 cm³/mol. The number of rotatable bonds is 5. The van der Waals surface area contributed by atoms with E-state index in [0.29, 0.717) is 5.82 Å². The van der Waals surface area contributed by atoms with E-state index in [9.17, 15) is 4.79 Å². The minimum absolute atomic E-state index is 0.420. The Bertz CT molecular complexity index is 819. The van der Waals surface area contributed by atoms with Crippen molar-refractivity contribution in [2.75, 3.05) is 17.7 Å². The molecule has 0 saturated heterocycles. The summed E-state index contributed by atoms with van der Waals surface area (Å²) < 4.78 is 10.3. The molecule has 0 saturated carbocycles. The molecule has 2 aromatic carbocycles. The molecule has 1 amide bonds. The Morgan fingerprint density at radius 3 is 2.20 bits per heavy atom. The van der Waals surface area contributed by atoms with Gasteiger partial charge in [0.1, 0.15) is 17.3 Å². The molecule has 25 heavy (non-hydrogen) atoms. The van der Waals surface area contributed by atoms with Crippen LogP contribution in [0.25, 0.3) is 0 Å². The summed E-state index contributed by atoms with van der Waals surface area (Å²) in [4.78, 5) is 15.3. The zero-order valence-electron chi connectivity index (χ0n) is 13.6. The SMILES string of the molecule is COC(=O)Nc1ccc(Nc2ccc(Oc3ccccc3)cc2)cn1. The summed E-state index contributed by atoms with van der Waals surface area (Å²) in [5.74, 6) is 1.97. The number of nitrogens with zero attached hydrogens (tertiary/aromatic N) is 1. The van der Waals surface area contributed by atoms with Crippen LogP contribution in [0.1, 0.15) is 0 Å². The second kappa shape index (κ2) is 7.83. The lowest BCUT2D eigenvalue weighted by Gasteiger charge is -2.09. The molecule has 0 aliphatic heterocycles. The van der Waals surface area contributed by atoms with Crippen LogP contribution in [0.15, 0.2) is 72.9 Å². The molecule has 0 atom stereocenters. The van der Waals surface area contributed by atoms with Gasteiger partial charge >= 0.3 is 6.09 Å². The van der Waals surface area contributed by atoms with Gasteiger partial charge in [0.15, 0.2) is 0 Å². The Kier molecular flexibility index (Phi) is 5.11. The van der Waals surface area contributed by atoms with Gasteiger partial charge in [-0.05, 0) is 48.5 Å².